The average molecular weight is 339 g/mol. The Bertz CT molecular complexity index is 895. The van der Waals surface area contributed by atoms with Crippen LogP contribution in [0.25, 0.3) is 11.2 Å². The molecular weight excluding hydrogens is 318 g/mol. The van der Waals surface area contributed by atoms with E-state index in [0.717, 1.165) is 37.3 Å². The number of aromatic nitrogens is 5. The molecule has 130 valence electrons. The lowest BCUT2D eigenvalue weighted by Gasteiger charge is -2.37. The lowest BCUT2D eigenvalue weighted by molar-refractivity contribution is 0.363. The van der Waals surface area contributed by atoms with Crippen LogP contribution in [0.5, 0.6) is 11.6 Å². The number of pyridine rings is 1. The number of nitrogens with one attached hydrogen (secondary N) is 1. The van der Waals surface area contributed by atoms with E-state index in [1.807, 2.05) is 6.92 Å². The number of ether oxygens (including phenoxy) is 1. The normalized spacial score (nSPS) is 17.0. The number of aryl methyl sites for hydroxylation is 1. The molecular formula is C17H21N7O. The zero-order valence-corrected chi connectivity index (χ0v) is 14.4. The molecule has 1 aliphatic rings. The van der Waals surface area contributed by atoms with Crippen LogP contribution in [0.15, 0.2) is 24.7 Å². The van der Waals surface area contributed by atoms with E-state index >= 15 is 0 Å². The van der Waals surface area contributed by atoms with E-state index in [-0.39, 0.29) is 5.54 Å². The highest BCUT2D eigenvalue weighted by Crippen LogP contribution is 2.29. The first-order chi connectivity index (χ1) is 12.0. The molecule has 0 unspecified atom stereocenters. The molecule has 4 rings (SSSR count). The number of anilines is 1. The van der Waals surface area contributed by atoms with Gasteiger partial charge < -0.3 is 15.4 Å². The van der Waals surface area contributed by atoms with Crippen molar-refractivity contribution >= 4 is 17.0 Å². The van der Waals surface area contributed by atoms with Gasteiger partial charge in [0.2, 0.25) is 0 Å². The summed E-state index contributed by atoms with van der Waals surface area (Å²) in [4.78, 5) is 15.4. The van der Waals surface area contributed by atoms with Gasteiger partial charge in [0.1, 0.15) is 11.6 Å². The summed E-state index contributed by atoms with van der Waals surface area (Å²) < 4.78 is 5.86. The van der Waals surface area contributed by atoms with Gasteiger partial charge in [-0.15, -0.1) is 5.10 Å². The van der Waals surface area contributed by atoms with Gasteiger partial charge in [0.25, 0.3) is 5.88 Å². The minimum atomic E-state index is -0.0918. The third-order valence-electron chi connectivity index (χ3n) is 4.63. The molecule has 0 amide bonds. The van der Waals surface area contributed by atoms with E-state index in [0.29, 0.717) is 22.8 Å². The Balaban J connectivity index is 1.58. The fraction of sp³-hybridized carbons (Fsp3) is 0.412. The highest BCUT2D eigenvalue weighted by atomic mass is 16.5. The van der Waals surface area contributed by atoms with Crippen LogP contribution in [0, 0.1) is 6.92 Å². The molecule has 3 aromatic heterocycles. The van der Waals surface area contributed by atoms with E-state index in [1.54, 1.807) is 24.7 Å². The fourth-order valence-electron chi connectivity index (χ4n) is 2.92. The lowest BCUT2D eigenvalue weighted by atomic mass is 9.91. The predicted molar refractivity (Wildman–Crippen MR) is 94.8 cm³/mol. The number of H-pyrrole nitrogens is 1. The van der Waals surface area contributed by atoms with E-state index in [4.69, 9.17) is 10.5 Å². The molecule has 0 aromatic carbocycles. The van der Waals surface area contributed by atoms with Gasteiger partial charge in [-0.2, -0.15) is 0 Å². The Hall–Kier alpha value is -2.74. The summed E-state index contributed by atoms with van der Waals surface area (Å²) in [5, 5.41) is 7.12. The second-order valence-electron chi connectivity index (χ2n) is 6.84. The summed E-state index contributed by atoms with van der Waals surface area (Å²) in [5.41, 5.74) is 8.26. The molecule has 3 aromatic rings. The van der Waals surface area contributed by atoms with Gasteiger partial charge in [0, 0.05) is 36.6 Å². The van der Waals surface area contributed by atoms with E-state index in [9.17, 15) is 0 Å². The highest BCUT2D eigenvalue weighted by molar-refractivity contribution is 5.77. The van der Waals surface area contributed by atoms with Gasteiger partial charge in [-0.3, -0.25) is 10.1 Å². The van der Waals surface area contributed by atoms with Crippen molar-refractivity contribution < 1.29 is 4.74 Å². The summed E-state index contributed by atoms with van der Waals surface area (Å²) in [6.45, 7) is 5.78. The molecule has 0 atom stereocenters. The number of piperidine rings is 1. The van der Waals surface area contributed by atoms with Crippen LogP contribution in [-0.2, 0) is 0 Å². The van der Waals surface area contributed by atoms with Crippen molar-refractivity contribution in [2.75, 3.05) is 18.0 Å². The molecule has 0 radical (unpaired) electrons. The molecule has 8 heteroatoms. The van der Waals surface area contributed by atoms with Crippen LogP contribution in [0.4, 0.5) is 5.82 Å². The van der Waals surface area contributed by atoms with Crippen molar-refractivity contribution in [3.05, 3.63) is 30.2 Å². The summed E-state index contributed by atoms with van der Waals surface area (Å²) in [6, 6.07) is 1.80. The van der Waals surface area contributed by atoms with Crippen LogP contribution in [0.1, 0.15) is 25.3 Å². The monoisotopic (exact) mass is 339 g/mol. The average Bonchev–Trinajstić information content (AvgIpc) is 2.99. The maximum Gasteiger partial charge on any atom is 0.266 e. The number of hydrogen-bond acceptors (Lipinski definition) is 7. The van der Waals surface area contributed by atoms with Crippen molar-refractivity contribution in [1.29, 1.82) is 0 Å². The van der Waals surface area contributed by atoms with Crippen molar-refractivity contribution in [3.8, 4) is 11.6 Å². The third kappa shape index (κ3) is 3.12. The van der Waals surface area contributed by atoms with E-state index < -0.39 is 0 Å². The Morgan fingerprint density at radius 2 is 2.08 bits per heavy atom. The number of aromatic amines is 1. The van der Waals surface area contributed by atoms with Crippen molar-refractivity contribution in [2.24, 2.45) is 5.73 Å². The minimum absolute atomic E-state index is 0.0918. The zero-order valence-electron chi connectivity index (χ0n) is 14.4. The quantitative estimate of drug-likeness (QED) is 0.753. The summed E-state index contributed by atoms with van der Waals surface area (Å²) in [6.07, 6.45) is 7.07. The Morgan fingerprint density at radius 1 is 1.28 bits per heavy atom. The lowest BCUT2D eigenvalue weighted by Crippen LogP contribution is -2.48. The summed E-state index contributed by atoms with van der Waals surface area (Å²) >= 11 is 0. The topological polar surface area (TPSA) is 106 Å². The van der Waals surface area contributed by atoms with Crippen LogP contribution < -0.4 is 15.4 Å². The summed E-state index contributed by atoms with van der Waals surface area (Å²) in [7, 11) is 0. The number of rotatable bonds is 3. The second kappa shape index (κ2) is 5.96. The maximum atomic E-state index is 6.20. The Kier molecular flexibility index (Phi) is 3.76. The van der Waals surface area contributed by atoms with Crippen LogP contribution in [0.2, 0.25) is 0 Å². The molecule has 0 saturated carbocycles. The number of fused-ring (bicyclic) bond motifs is 1. The van der Waals surface area contributed by atoms with E-state index in [1.165, 1.54) is 0 Å². The van der Waals surface area contributed by atoms with Gasteiger partial charge in [0.15, 0.2) is 11.2 Å². The fourth-order valence-corrected chi connectivity index (χ4v) is 2.92. The van der Waals surface area contributed by atoms with Crippen molar-refractivity contribution in [3.63, 3.8) is 0 Å². The predicted octanol–water partition coefficient (Wildman–Crippen LogP) is 2.17. The van der Waals surface area contributed by atoms with E-state index in [2.05, 4.69) is 37.0 Å². The smallest absolute Gasteiger partial charge is 0.266 e. The third-order valence-corrected chi connectivity index (χ3v) is 4.63. The number of nitrogens with two attached hydrogens (primary N) is 1. The van der Waals surface area contributed by atoms with Gasteiger partial charge >= 0.3 is 0 Å². The molecule has 1 fully saturated rings. The molecule has 1 aliphatic heterocycles. The SMILES string of the molecule is Cc1cnccc1Oc1n[nH]c2nc(N3CCC(C)(N)CC3)cnc12. The molecule has 0 aliphatic carbocycles. The van der Waals surface area contributed by atoms with Gasteiger partial charge in [-0.25, -0.2) is 9.97 Å². The van der Waals surface area contributed by atoms with Gasteiger partial charge in [-0.05, 0) is 32.8 Å². The standard InChI is InChI=1S/C17H21N7O/c1-11-9-19-6-3-12(11)25-16-14-15(22-23-16)21-13(10-20-14)24-7-4-17(2,18)5-8-24/h3,6,9-10H,4-5,7-8,18H2,1-2H3,(H,21,22,23). The van der Waals surface area contributed by atoms with Gasteiger partial charge in [0.05, 0.1) is 6.20 Å². The number of nitrogens with zero attached hydrogens (tertiary/aromatic N) is 5. The summed E-state index contributed by atoms with van der Waals surface area (Å²) in [5.74, 6) is 1.95. The minimum Gasteiger partial charge on any atom is -0.436 e. The molecule has 1 saturated heterocycles. The van der Waals surface area contributed by atoms with Gasteiger partial charge in [-0.1, -0.05) is 0 Å². The molecule has 4 heterocycles. The first-order valence-corrected chi connectivity index (χ1v) is 8.35. The highest BCUT2D eigenvalue weighted by Gasteiger charge is 2.27. The molecule has 0 spiro atoms. The molecule has 25 heavy (non-hydrogen) atoms. The van der Waals surface area contributed by atoms with Crippen molar-refractivity contribution in [1.82, 2.24) is 25.1 Å². The van der Waals surface area contributed by atoms with Crippen molar-refractivity contribution in [2.45, 2.75) is 32.2 Å². The number of hydrogen-bond donors (Lipinski definition) is 2. The second-order valence-corrected chi connectivity index (χ2v) is 6.84. The van der Waals surface area contributed by atoms with Crippen LogP contribution >= 0.6 is 0 Å². The zero-order chi connectivity index (χ0) is 17.4. The maximum absolute atomic E-state index is 6.20. The molecule has 0 bridgehead atoms. The Labute approximate surface area is 145 Å². The molecule has 3 N–H and O–H groups in total. The first-order valence-electron chi connectivity index (χ1n) is 8.35. The largest absolute Gasteiger partial charge is 0.436 e. The molecule has 8 nitrogen and oxygen atoms in total. The first kappa shape index (κ1) is 15.8. The van der Waals surface area contributed by atoms with Crippen LogP contribution in [0.3, 0.4) is 0 Å². The van der Waals surface area contributed by atoms with Crippen LogP contribution in [-0.4, -0.2) is 43.8 Å². The Morgan fingerprint density at radius 3 is 2.84 bits per heavy atom.